The number of phenolic OH excluding ortho intramolecular Hbond substituents is 1. The van der Waals surface area contributed by atoms with E-state index < -0.39 is 0 Å². The van der Waals surface area contributed by atoms with Gasteiger partial charge < -0.3 is 10.0 Å². The predicted molar refractivity (Wildman–Crippen MR) is 88.3 cm³/mol. The fourth-order valence-corrected chi connectivity index (χ4v) is 2.61. The molecule has 5 heteroatoms. The first-order chi connectivity index (χ1) is 10.7. The van der Waals surface area contributed by atoms with E-state index in [1.54, 1.807) is 6.07 Å². The number of pyridine rings is 1. The Labute approximate surface area is 130 Å². The zero-order valence-corrected chi connectivity index (χ0v) is 12.7. The second kappa shape index (κ2) is 6.47. The summed E-state index contributed by atoms with van der Waals surface area (Å²) in [4.78, 5) is 6.65. The third-order valence-corrected chi connectivity index (χ3v) is 3.81. The maximum Gasteiger partial charge on any atom is 0.128 e. The zero-order chi connectivity index (χ0) is 15.4. The summed E-state index contributed by atoms with van der Waals surface area (Å²) in [7, 11) is 0. The number of benzene rings is 1. The van der Waals surface area contributed by atoms with Gasteiger partial charge in [0.1, 0.15) is 11.6 Å². The first-order valence-electron chi connectivity index (χ1n) is 7.48. The van der Waals surface area contributed by atoms with E-state index in [-0.39, 0.29) is 5.75 Å². The van der Waals surface area contributed by atoms with Crippen molar-refractivity contribution in [1.82, 2.24) is 9.99 Å². The molecule has 22 heavy (non-hydrogen) atoms. The molecule has 1 aromatic heterocycles. The molecule has 0 atom stereocenters. The van der Waals surface area contributed by atoms with Gasteiger partial charge in [0, 0.05) is 24.8 Å². The summed E-state index contributed by atoms with van der Waals surface area (Å²) < 4.78 is 0. The van der Waals surface area contributed by atoms with Crippen LogP contribution in [0.5, 0.6) is 5.75 Å². The molecule has 0 bridgehead atoms. The first kappa shape index (κ1) is 14.4. The molecule has 0 saturated carbocycles. The minimum absolute atomic E-state index is 0.274. The van der Waals surface area contributed by atoms with Crippen LogP contribution in [-0.2, 0) is 0 Å². The molecule has 3 rings (SSSR count). The van der Waals surface area contributed by atoms with Crippen molar-refractivity contribution in [2.75, 3.05) is 31.1 Å². The Balaban J connectivity index is 1.64. The lowest BCUT2D eigenvalue weighted by molar-refractivity contribution is 0.270. The molecule has 1 aromatic carbocycles. The highest BCUT2D eigenvalue weighted by atomic mass is 16.3. The average molecular weight is 296 g/mol. The molecular formula is C17H20N4O. The van der Waals surface area contributed by atoms with Crippen LogP contribution < -0.4 is 4.90 Å². The van der Waals surface area contributed by atoms with Gasteiger partial charge in [0.2, 0.25) is 0 Å². The number of rotatable bonds is 3. The molecule has 1 N–H and O–H groups in total. The summed E-state index contributed by atoms with van der Waals surface area (Å²) in [5.41, 5.74) is 1.62. The van der Waals surface area contributed by atoms with Gasteiger partial charge in [-0.25, -0.2) is 4.98 Å². The number of aromatic hydroxyl groups is 1. The number of aromatic nitrogens is 1. The van der Waals surface area contributed by atoms with Crippen LogP contribution in [0.25, 0.3) is 0 Å². The third kappa shape index (κ3) is 3.19. The summed E-state index contributed by atoms with van der Waals surface area (Å²) in [5.74, 6) is 1.29. The molecule has 0 radical (unpaired) electrons. The third-order valence-electron chi connectivity index (χ3n) is 3.81. The Hall–Kier alpha value is -2.56. The van der Waals surface area contributed by atoms with Gasteiger partial charge in [-0.05, 0) is 31.2 Å². The lowest BCUT2D eigenvalue weighted by Gasteiger charge is -2.34. The Morgan fingerprint density at radius 1 is 1.05 bits per heavy atom. The molecular weight excluding hydrogens is 276 g/mol. The number of hydrogen-bond acceptors (Lipinski definition) is 5. The number of hydrazone groups is 1. The van der Waals surface area contributed by atoms with Crippen LogP contribution >= 0.6 is 0 Å². The number of para-hydroxylation sites is 1. The SMILES string of the molecule is CC(=NN1CCN(c2ccccn2)CC1)c1ccccc1O. The van der Waals surface area contributed by atoms with E-state index in [1.165, 1.54) is 0 Å². The van der Waals surface area contributed by atoms with Crippen LogP contribution in [0.4, 0.5) is 5.82 Å². The summed E-state index contributed by atoms with van der Waals surface area (Å²) in [5, 5.41) is 16.6. The molecule has 0 unspecified atom stereocenters. The number of nitrogens with zero attached hydrogens (tertiary/aromatic N) is 4. The van der Waals surface area contributed by atoms with Crippen LogP contribution in [0.3, 0.4) is 0 Å². The van der Waals surface area contributed by atoms with Crippen molar-refractivity contribution in [3.8, 4) is 5.75 Å². The number of phenols is 1. The van der Waals surface area contributed by atoms with Crippen LogP contribution in [0.15, 0.2) is 53.8 Å². The zero-order valence-electron chi connectivity index (χ0n) is 12.7. The highest BCUT2D eigenvalue weighted by Gasteiger charge is 2.17. The average Bonchev–Trinajstić information content (AvgIpc) is 2.57. The molecule has 114 valence electrons. The second-order valence-electron chi connectivity index (χ2n) is 5.33. The number of hydrogen-bond donors (Lipinski definition) is 1. The summed E-state index contributed by atoms with van der Waals surface area (Å²) in [6.45, 7) is 5.42. The van der Waals surface area contributed by atoms with Crippen molar-refractivity contribution in [2.24, 2.45) is 5.10 Å². The summed E-state index contributed by atoms with van der Waals surface area (Å²) >= 11 is 0. The Kier molecular flexibility index (Phi) is 4.23. The fraction of sp³-hybridized carbons (Fsp3) is 0.294. The van der Waals surface area contributed by atoms with Gasteiger partial charge in [0.05, 0.1) is 18.8 Å². The van der Waals surface area contributed by atoms with E-state index in [1.807, 2.05) is 49.5 Å². The van der Waals surface area contributed by atoms with Crippen molar-refractivity contribution in [3.05, 3.63) is 54.2 Å². The largest absolute Gasteiger partial charge is 0.507 e. The van der Waals surface area contributed by atoms with E-state index in [0.717, 1.165) is 43.3 Å². The van der Waals surface area contributed by atoms with Gasteiger partial charge in [-0.1, -0.05) is 18.2 Å². The maximum atomic E-state index is 9.89. The Morgan fingerprint density at radius 2 is 1.77 bits per heavy atom. The normalized spacial score (nSPS) is 16.0. The molecule has 1 saturated heterocycles. The van der Waals surface area contributed by atoms with E-state index in [9.17, 15) is 5.11 Å². The predicted octanol–water partition coefficient (Wildman–Crippen LogP) is 2.33. The topological polar surface area (TPSA) is 52.0 Å². The molecule has 2 heterocycles. The Morgan fingerprint density at radius 3 is 2.45 bits per heavy atom. The van der Waals surface area contributed by atoms with Crippen LogP contribution in [-0.4, -0.2) is 47.0 Å². The minimum Gasteiger partial charge on any atom is -0.507 e. The summed E-state index contributed by atoms with van der Waals surface area (Å²) in [6.07, 6.45) is 1.82. The molecule has 0 aliphatic carbocycles. The van der Waals surface area contributed by atoms with Crippen molar-refractivity contribution in [2.45, 2.75) is 6.92 Å². The highest BCUT2D eigenvalue weighted by molar-refractivity contribution is 6.00. The molecule has 1 aliphatic heterocycles. The van der Waals surface area contributed by atoms with E-state index >= 15 is 0 Å². The van der Waals surface area contributed by atoms with Gasteiger partial charge in [0.15, 0.2) is 0 Å². The fourth-order valence-electron chi connectivity index (χ4n) is 2.61. The minimum atomic E-state index is 0.274. The molecule has 5 nitrogen and oxygen atoms in total. The standard InChI is InChI=1S/C17H20N4O/c1-14(15-6-2-3-7-16(15)22)19-21-12-10-20(11-13-21)17-8-4-5-9-18-17/h2-9,22H,10-13H2,1H3. The van der Waals surface area contributed by atoms with Crippen LogP contribution in [0.2, 0.25) is 0 Å². The van der Waals surface area contributed by atoms with E-state index in [2.05, 4.69) is 20.0 Å². The molecule has 1 aliphatic rings. The van der Waals surface area contributed by atoms with Crippen molar-refractivity contribution < 1.29 is 5.11 Å². The first-order valence-corrected chi connectivity index (χ1v) is 7.48. The van der Waals surface area contributed by atoms with Crippen molar-refractivity contribution >= 4 is 11.5 Å². The van der Waals surface area contributed by atoms with Gasteiger partial charge >= 0.3 is 0 Å². The van der Waals surface area contributed by atoms with Gasteiger partial charge in [-0.2, -0.15) is 5.10 Å². The number of piperazine rings is 1. The molecule has 0 spiro atoms. The second-order valence-corrected chi connectivity index (χ2v) is 5.33. The van der Waals surface area contributed by atoms with Crippen LogP contribution in [0.1, 0.15) is 12.5 Å². The quantitative estimate of drug-likeness (QED) is 0.883. The van der Waals surface area contributed by atoms with Gasteiger partial charge in [0.25, 0.3) is 0 Å². The number of anilines is 1. The maximum absolute atomic E-state index is 9.89. The van der Waals surface area contributed by atoms with Crippen molar-refractivity contribution in [3.63, 3.8) is 0 Å². The molecule has 1 fully saturated rings. The lowest BCUT2D eigenvalue weighted by Crippen LogP contribution is -2.44. The van der Waals surface area contributed by atoms with Gasteiger partial charge in [-0.3, -0.25) is 5.01 Å². The molecule has 0 amide bonds. The highest BCUT2D eigenvalue weighted by Crippen LogP contribution is 2.18. The lowest BCUT2D eigenvalue weighted by atomic mass is 10.1. The van der Waals surface area contributed by atoms with E-state index in [4.69, 9.17) is 0 Å². The van der Waals surface area contributed by atoms with Gasteiger partial charge in [-0.15, -0.1) is 0 Å². The smallest absolute Gasteiger partial charge is 0.128 e. The summed E-state index contributed by atoms with van der Waals surface area (Å²) in [6, 6.07) is 13.3. The Bertz CT molecular complexity index is 649. The van der Waals surface area contributed by atoms with Crippen LogP contribution in [0, 0.1) is 0 Å². The van der Waals surface area contributed by atoms with E-state index in [0.29, 0.717) is 0 Å². The molecule has 2 aromatic rings. The monoisotopic (exact) mass is 296 g/mol. The van der Waals surface area contributed by atoms with Crippen molar-refractivity contribution in [1.29, 1.82) is 0 Å².